The lowest BCUT2D eigenvalue weighted by atomic mass is 10.2. The average Bonchev–Trinajstić information content (AvgIpc) is 3.53. The molecule has 5 rings (SSSR count). The summed E-state index contributed by atoms with van der Waals surface area (Å²) in [5, 5.41) is 7.60. The van der Waals surface area contributed by atoms with Gasteiger partial charge in [0.25, 0.3) is 5.91 Å². The SMILES string of the molecule is Cc1cnc(Nc2nc(Sc3ccc(C(=O)NC4CC4)cc3)nc(N3CCN(C)CC3)n2)s1. The number of aromatic nitrogens is 4. The van der Waals surface area contributed by atoms with Crippen LogP contribution in [0.2, 0.25) is 0 Å². The second-order valence-electron chi connectivity index (χ2n) is 8.31. The van der Waals surface area contributed by atoms with Gasteiger partial charge in [0.2, 0.25) is 11.9 Å². The highest BCUT2D eigenvalue weighted by atomic mass is 32.2. The van der Waals surface area contributed by atoms with Crippen molar-refractivity contribution in [1.82, 2.24) is 30.2 Å². The third-order valence-electron chi connectivity index (χ3n) is 5.47. The van der Waals surface area contributed by atoms with E-state index in [9.17, 15) is 4.79 Å². The number of carbonyl (C=O) groups is 1. The second-order valence-corrected chi connectivity index (χ2v) is 10.6. The number of likely N-dealkylation sites (N-methyl/N-ethyl adjacent to an activating group) is 1. The number of benzene rings is 1. The quantitative estimate of drug-likeness (QED) is 0.526. The molecule has 2 aromatic heterocycles. The number of thiazole rings is 1. The summed E-state index contributed by atoms with van der Waals surface area (Å²) >= 11 is 3.01. The normalized spacial score (nSPS) is 16.6. The number of aryl methyl sites for hydroxylation is 1. The Morgan fingerprint density at radius 3 is 2.52 bits per heavy atom. The summed E-state index contributed by atoms with van der Waals surface area (Å²) in [6.45, 7) is 5.68. The molecule has 2 aliphatic rings. The maximum Gasteiger partial charge on any atom is 0.251 e. The lowest BCUT2D eigenvalue weighted by molar-refractivity contribution is 0.0951. The number of carbonyl (C=O) groups excluding carboxylic acids is 1. The molecular weight excluding hydrogens is 456 g/mol. The highest BCUT2D eigenvalue weighted by Gasteiger charge is 2.24. The Hall–Kier alpha value is -2.76. The summed E-state index contributed by atoms with van der Waals surface area (Å²) in [7, 11) is 2.12. The summed E-state index contributed by atoms with van der Waals surface area (Å²) in [5.41, 5.74) is 0.668. The van der Waals surface area contributed by atoms with Gasteiger partial charge in [-0.2, -0.15) is 15.0 Å². The monoisotopic (exact) mass is 482 g/mol. The van der Waals surface area contributed by atoms with Crippen molar-refractivity contribution in [1.29, 1.82) is 0 Å². The minimum absolute atomic E-state index is 0.0169. The lowest BCUT2D eigenvalue weighted by Crippen LogP contribution is -2.45. The second kappa shape index (κ2) is 9.62. The molecule has 0 spiro atoms. The van der Waals surface area contributed by atoms with E-state index in [-0.39, 0.29) is 5.91 Å². The van der Waals surface area contributed by atoms with E-state index in [1.54, 1.807) is 11.3 Å². The first-order valence-corrected chi connectivity index (χ1v) is 12.6. The Kier molecular flexibility index (Phi) is 6.43. The van der Waals surface area contributed by atoms with Crippen LogP contribution in [0, 0.1) is 6.92 Å². The van der Waals surface area contributed by atoms with Crippen molar-refractivity contribution >= 4 is 46.0 Å². The van der Waals surface area contributed by atoms with Gasteiger partial charge < -0.3 is 15.1 Å². The van der Waals surface area contributed by atoms with Crippen molar-refractivity contribution in [2.45, 2.75) is 35.9 Å². The van der Waals surface area contributed by atoms with Gasteiger partial charge in [-0.1, -0.05) is 0 Å². The number of nitrogens with zero attached hydrogens (tertiary/aromatic N) is 6. The summed E-state index contributed by atoms with van der Waals surface area (Å²) in [4.78, 5) is 37.2. The smallest absolute Gasteiger partial charge is 0.251 e. The molecule has 1 amide bonds. The summed E-state index contributed by atoms with van der Waals surface area (Å²) in [6, 6.07) is 7.91. The van der Waals surface area contributed by atoms with Crippen molar-refractivity contribution in [3.63, 3.8) is 0 Å². The van der Waals surface area contributed by atoms with E-state index in [1.807, 2.05) is 37.4 Å². The maximum atomic E-state index is 12.3. The molecule has 1 aliphatic carbocycles. The van der Waals surface area contributed by atoms with Crippen LogP contribution < -0.4 is 15.5 Å². The fourth-order valence-electron chi connectivity index (χ4n) is 3.38. The molecule has 0 atom stereocenters. The fourth-order valence-corrected chi connectivity index (χ4v) is 4.78. The molecule has 1 saturated heterocycles. The predicted molar refractivity (Wildman–Crippen MR) is 131 cm³/mol. The van der Waals surface area contributed by atoms with Crippen molar-refractivity contribution in [3.8, 4) is 0 Å². The Morgan fingerprint density at radius 1 is 1.09 bits per heavy atom. The van der Waals surface area contributed by atoms with Gasteiger partial charge in [-0.15, -0.1) is 11.3 Å². The highest BCUT2D eigenvalue weighted by Crippen LogP contribution is 2.29. The van der Waals surface area contributed by atoms with E-state index < -0.39 is 0 Å². The van der Waals surface area contributed by atoms with Crippen molar-refractivity contribution in [2.24, 2.45) is 0 Å². The number of hydrogen-bond acceptors (Lipinski definition) is 10. The number of piperazine rings is 1. The van der Waals surface area contributed by atoms with Gasteiger partial charge in [-0.05, 0) is 62.8 Å². The third kappa shape index (κ3) is 5.79. The van der Waals surface area contributed by atoms with Crippen molar-refractivity contribution in [2.75, 3.05) is 43.4 Å². The molecule has 11 heteroatoms. The number of rotatable bonds is 7. The topological polar surface area (TPSA) is 99.2 Å². The first kappa shape index (κ1) is 22.1. The largest absolute Gasteiger partial charge is 0.349 e. The number of anilines is 3. The van der Waals surface area contributed by atoms with Crippen LogP contribution in [0.15, 0.2) is 40.5 Å². The van der Waals surface area contributed by atoms with Crippen LogP contribution in [0.3, 0.4) is 0 Å². The van der Waals surface area contributed by atoms with Gasteiger partial charge in [-0.25, -0.2) is 4.98 Å². The highest BCUT2D eigenvalue weighted by molar-refractivity contribution is 7.99. The van der Waals surface area contributed by atoms with Gasteiger partial charge in [0.05, 0.1) is 0 Å². The van der Waals surface area contributed by atoms with Crippen molar-refractivity contribution < 1.29 is 4.79 Å². The minimum atomic E-state index is -0.0169. The number of amides is 1. The van der Waals surface area contributed by atoms with Crippen LogP contribution in [0.5, 0.6) is 0 Å². The standard InChI is InChI=1S/C22H26N8OS2/c1-14-13-23-21(32-14)26-19-25-20(30-11-9-29(2)10-12-30)28-22(27-19)33-17-7-3-15(4-8-17)18(31)24-16-5-6-16/h3-4,7-8,13,16H,5-6,9-12H2,1-2H3,(H,24,31)(H,23,25,26,27,28). The molecular formula is C22H26N8OS2. The van der Waals surface area contributed by atoms with E-state index in [0.717, 1.165) is 53.9 Å². The zero-order valence-electron chi connectivity index (χ0n) is 18.6. The van der Waals surface area contributed by atoms with Gasteiger partial charge in [-0.3, -0.25) is 10.1 Å². The predicted octanol–water partition coefficient (Wildman–Crippen LogP) is 3.18. The van der Waals surface area contributed by atoms with Gasteiger partial charge in [0, 0.05) is 53.8 Å². The van der Waals surface area contributed by atoms with E-state index >= 15 is 0 Å². The van der Waals surface area contributed by atoms with E-state index in [0.29, 0.717) is 28.7 Å². The van der Waals surface area contributed by atoms with Crippen molar-refractivity contribution in [3.05, 3.63) is 40.9 Å². The lowest BCUT2D eigenvalue weighted by Gasteiger charge is -2.32. The minimum Gasteiger partial charge on any atom is -0.349 e. The van der Waals surface area contributed by atoms with Gasteiger partial charge >= 0.3 is 0 Å². The van der Waals surface area contributed by atoms with Crippen LogP contribution in [0.4, 0.5) is 17.0 Å². The number of nitrogens with one attached hydrogen (secondary N) is 2. The van der Waals surface area contributed by atoms with Gasteiger partial charge in [0.1, 0.15) is 0 Å². The molecule has 2 fully saturated rings. The zero-order chi connectivity index (χ0) is 22.8. The molecule has 0 radical (unpaired) electrons. The molecule has 9 nitrogen and oxygen atoms in total. The Bertz CT molecular complexity index is 1120. The van der Waals surface area contributed by atoms with Crippen LogP contribution in [-0.4, -0.2) is 70.0 Å². The third-order valence-corrected chi connectivity index (χ3v) is 7.17. The Balaban J connectivity index is 1.36. The fraction of sp³-hybridized carbons (Fsp3) is 0.409. The summed E-state index contributed by atoms with van der Waals surface area (Å²) in [5.74, 6) is 1.13. The van der Waals surface area contributed by atoms with Crippen LogP contribution in [0.1, 0.15) is 28.1 Å². The van der Waals surface area contributed by atoms with Gasteiger partial charge in [0.15, 0.2) is 10.3 Å². The number of hydrogen-bond donors (Lipinski definition) is 2. The average molecular weight is 483 g/mol. The van der Waals surface area contributed by atoms with Crippen LogP contribution >= 0.6 is 23.1 Å². The summed E-state index contributed by atoms with van der Waals surface area (Å²) in [6.07, 6.45) is 3.98. The molecule has 0 bridgehead atoms. The molecule has 1 aliphatic heterocycles. The van der Waals surface area contributed by atoms with E-state index in [4.69, 9.17) is 4.98 Å². The molecule has 33 heavy (non-hydrogen) atoms. The molecule has 3 heterocycles. The summed E-state index contributed by atoms with van der Waals surface area (Å²) < 4.78 is 0. The first-order valence-electron chi connectivity index (χ1n) is 11.0. The van der Waals surface area contributed by atoms with E-state index in [2.05, 4.69) is 42.4 Å². The Morgan fingerprint density at radius 2 is 1.85 bits per heavy atom. The van der Waals surface area contributed by atoms with E-state index in [1.165, 1.54) is 11.8 Å². The van der Waals surface area contributed by atoms with Crippen LogP contribution in [-0.2, 0) is 0 Å². The molecule has 1 aromatic carbocycles. The maximum absolute atomic E-state index is 12.3. The molecule has 172 valence electrons. The first-order chi connectivity index (χ1) is 16.0. The molecule has 1 saturated carbocycles. The molecule has 2 N–H and O–H groups in total. The Labute approximate surface area is 201 Å². The zero-order valence-corrected chi connectivity index (χ0v) is 20.2. The van der Waals surface area contributed by atoms with Crippen LogP contribution in [0.25, 0.3) is 0 Å². The molecule has 0 unspecified atom stereocenters. The molecule has 3 aromatic rings.